The molecule has 1 aliphatic heterocycles. The first kappa shape index (κ1) is 24.3. The molecule has 1 aliphatic carbocycles. The number of imidazole rings is 1. The first-order valence-electron chi connectivity index (χ1n) is 13.5. The van der Waals surface area contributed by atoms with Gasteiger partial charge in [-0.3, -0.25) is 4.79 Å². The van der Waals surface area contributed by atoms with Crippen LogP contribution >= 0.6 is 0 Å². The largest absolute Gasteiger partial charge is 0.484 e. The molecule has 2 aromatic heterocycles. The van der Waals surface area contributed by atoms with E-state index in [1.807, 2.05) is 54.6 Å². The minimum atomic E-state index is -0.164. The second-order valence-corrected chi connectivity index (χ2v) is 10.0. The van der Waals surface area contributed by atoms with Gasteiger partial charge in [-0.1, -0.05) is 12.1 Å². The monoisotopic (exact) mass is 536 g/mol. The van der Waals surface area contributed by atoms with Crippen LogP contribution in [0.1, 0.15) is 40.9 Å². The summed E-state index contributed by atoms with van der Waals surface area (Å²) in [6, 6.07) is 21.0. The molecule has 5 aromatic rings. The third-order valence-electron chi connectivity index (χ3n) is 7.15. The minimum Gasteiger partial charge on any atom is -0.484 e. The first-order valence-corrected chi connectivity index (χ1v) is 13.5. The number of nitrogens with zero attached hydrogens (tertiary/aromatic N) is 4. The van der Waals surface area contributed by atoms with E-state index in [1.54, 1.807) is 12.1 Å². The molecule has 1 saturated heterocycles. The van der Waals surface area contributed by atoms with E-state index < -0.39 is 0 Å². The van der Waals surface area contributed by atoms with Crippen LogP contribution in [0.15, 0.2) is 71.1 Å². The van der Waals surface area contributed by atoms with Crippen LogP contribution in [-0.2, 0) is 11.3 Å². The summed E-state index contributed by atoms with van der Waals surface area (Å²) in [5.41, 5.74) is 4.99. The van der Waals surface area contributed by atoms with E-state index in [-0.39, 0.29) is 12.5 Å². The number of nitrogens with one attached hydrogen (secondary N) is 2. The number of carbonyl (C=O) groups is 1. The fraction of sp³-hybridized carbons (Fsp3) is 0.267. The van der Waals surface area contributed by atoms with Gasteiger partial charge in [0, 0.05) is 47.6 Å². The molecule has 40 heavy (non-hydrogen) atoms. The molecular formula is C30H28N6O4. The summed E-state index contributed by atoms with van der Waals surface area (Å²) in [4.78, 5) is 23.2. The molecule has 1 amide bonds. The van der Waals surface area contributed by atoms with Crippen LogP contribution < -0.4 is 15.0 Å². The number of H-pyrrole nitrogens is 1. The molecule has 3 aromatic carbocycles. The molecule has 0 spiro atoms. The summed E-state index contributed by atoms with van der Waals surface area (Å²) in [5.74, 6) is 2.82. The molecule has 3 heterocycles. The molecule has 2 aliphatic rings. The van der Waals surface area contributed by atoms with Gasteiger partial charge in [0.25, 0.3) is 11.8 Å². The Kier molecular flexibility index (Phi) is 6.37. The molecule has 0 atom stereocenters. The molecular weight excluding hydrogens is 508 g/mol. The highest BCUT2D eigenvalue weighted by molar-refractivity contribution is 6.04. The summed E-state index contributed by atoms with van der Waals surface area (Å²) in [7, 11) is 0. The quantitative estimate of drug-likeness (QED) is 0.279. The van der Waals surface area contributed by atoms with Gasteiger partial charge in [-0.25, -0.2) is 4.98 Å². The number of benzene rings is 3. The smallest absolute Gasteiger partial charge is 0.255 e. The van der Waals surface area contributed by atoms with Crippen molar-refractivity contribution in [3.05, 3.63) is 84.1 Å². The van der Waals surface area contributed by atoms with Crippen molar-refractivity contribution < 1.29 is 18.7 Å². The highest BCUT2D eigenvalue weighted by Crippen LogP contribution is 2.39. The van der Waals surface area contributed by atoms with Crippen molar-refractivity contribution in [2.75, 3.05) is 36.5 Å². The van der Waals surface area contributed by atoms with Crippen molar-refractivity contribution in [3.63, 3.8) is 0 Å². The number of anilines is 2. The predicted octanol–water partition coefficient (Wildman–Crippen LogP) is 5.16. The Labute approximate surface area is 230 Å². The first-order chi connectivity index (χ1) is 19.7. The van der Waals surface area contributed by atoms with Crippen molar-refractivity contribution in [1.29, 1.82) is 0 Å². The van der Waals surface area contributed by atoms with Crippen LogP contribution in [0.3, 0.4) is 0 Å². The van der Waals surface area contributed by atoms with Gasteiger partial charge in [-0.15, -0.1) is 10.2 Å². The maximum absolute atomic E-state index is 12.8. The van der Waals surface area contributed by atoms with E-state index in [1.165, 1.54) is 0 Å². The maximum atomic E-state index is 12.8. The molecule has 0 bridgehead atoms. The van der Waals surface area contributed by atoms with Gasteiger partial charge < -0.3 is 29.1 Å². The molecule has 7 rings (SSSR count). The summed E-state index contributed by atoms with van der Waals surface area (Å²) in [5, 5.41) is 11.1. The third kappa shape index (κ3) is 5.26. The molecule has 10 heteroatoms. The Balaban J connectivity index is 0.985. The number of amides is 1. The number of morpholine rings is 1. The van der Waals surface area contributed by atoms with E-state index in [9.17, 15) is 4.79 Å². The average Bonchev–Trinajstić information content (AvgIpc) is 3.59. The molecule has 1 saturated carbocycles. The number of ether oxygens (including phenoxy) is 2. The Morgan fingerprint density at radius 2 is 1.80 bits per heavy atom. The lowest BCUT2D eigenvalue weighted by Crippen LogP contribution is -2.36. The Bertz CT molecular complexity index is 1630. The van der Waals surface area contributed by atoms with Crippen LogP contribution in [0.2, 0.25) is 0 Å². The molecule has 0 unspecified atom stereocenters. The third-order valence-corrected chi connectivity index (χ3v) is 7.15. The fourth-order valence-electron chi connectivity index (χ4n) is 4.74. The zero-order valence-electron chi connectivity index (χ0n) is 21.8. The van der Waals surface area contributed by atoms with Crippen molar-refractivity contribution in [2.24, 2.45) is 0 Å². The lowest BCUT2D eigenvalue weighted by molar-refractivity contribution is 0.102. The van der Waals surface area contributed by atoms with Crippen molar-refractivity contribution in [1.82, 2.24) is 20.2 Å². The molecule has 202 valence electrons. The van der Waals surface area contributed by atoms with Crippen molar-refractivity contribution >= 4 is 28.3 Å². The predicted molar refractivity (Wildman–Crippen MR) is 150 cm³/mol. The Hall–Kier alpha value is -4.70. The van der Waals surface area contributed by atoms with Gasteiger partial charge in [-0.05, 0) is 61.4 Å². The molecule has 10 nitrogen and oxygen atoms in total. The number of hydrogen-bond acceptors (Lipinski definition) is 8. The van der Waals surface area contributed by atoms with Crippen molar-refractivity contribution in [2.45, 2.75) is 25.4 Å². The summed E-state index contributed by atoms with van der Waals surface area (Å²) < 4.78 is 16.9. The van der Waals surface area contributed by atoms with Gasteiger partial charge in [0.2, 0.25) is 5.89 Å². The zero-order chi connectivity index (χ0) is 26.9. The van der Waals surface area contributed by atoms with Crippen LogP contribution in [0, 0.1) is 0 Å². The number of aromatic nitrogens is 4. The standard InChI is InChI=1S/C30H28N6O4/c37-29(31-22-7-9-23(10-8-22)36-13-15-38-16-14-36)20-3-1-19(2-4-20)28-32-25-12-11-24(17-26(25)33-28)39-18-27-34-35-30(40-27)21-5-6-21/h1-4,7-12,17,21H,5-6,13-16,18H2,(H,31,37)(H,32,33). The molecule has 0 radical (unpaired) electrons. The van der Waals surface area contributed by atoms with E-state index in [0.717, 1.165) is 67.1 Å². The van der Waals surface area contributed by atoms with Crippen molar-refractivity contribution in [3.8, 4) is 17.1 Å². The number of hydrogen-bond donors (Lipinski definition) is 2. The van der Waals surface area contributed by atoms with E-state index >= 15 is 0 Å². The fourth-order valence-corrected chi connectivity index (χ4v) is 4.74. The lowest BCUT2D eigenvalue weighted by atomic mass is 10.1. The molecule has 2 fully saturated rings. The number of carbonyl (C=O) groups excluding carboxylic acids is 1. The van der Waals surface area contributed by atoms with E-state index in [0.29, 0.717) is 34.8 Å². The summed E-state index contributed by atoms with van der Waals surface area (Å²) in [6.07, 6.45) is 2.23. The van der Waals surface area contributed by atoms with Crippen LogP contribution in [0.25, 0.3) is 22.4 Å². The highest BCUT2D eigenvalue weighted by atomic mass is 16.5. The van der Waals surface area contributed by atoms with E-state index in [4.69, 9.17) is 18.9 Å². The molecule has 2 N–H and O–H groups in total. The number of fused-ring (bicyclic) bond motifs is 1. The van der Waals surface area contributed by atoms with E-state index in [2.05, 4.69) is 25.4 Å². The highest BCUT2D eigenvalue weighted by Gasteiger charge is 2.29. The van der Waals surface area contributed by atoms with Gasteiger partial charge >= 0.3 is 0 Å². The number of aromatic amines is 1. The zero-order valence-corrected chi connectivity index (χ0v) is 21.8. The van der Waals surface area contributed by atoms with Crippen LogP contribution in [-0.4, -0.2) is 52.4 Å². The van der Waals surface area contributed by atoms with Gasteiger partial charge in [0.1, 0.15) is 11.6 Å². The van der Waals surface area contributed by atoms with Gasteiger partial charge in [-0.2, -0.15) is 0 Å². The second-order valence-electron chi connectivity index (χ2n) is 10.0. The topological polar surface area (TPSA) is 118 Å². The summed E-state index contributed by atoms with van der Waals surface area (Å²) in [6.45, 7) is 3.44. The second kappa shape index (κ2) is 10.5. The lowest BCUT2D eigenvalue weighted by Gasteiger charge is -2.28. The van der Waals surface area contributed by atoms with Crippen LogP contribution in [0.5, 0.6) is 5.75 Å². The van der Waals surface area contributed by atoms with Crippen LogP contribution in [0.4, 0.5) is 11.4 Å². The average molecular weight is 537 g/mol. The Morgan fingerprint density at radius 3 is 2.58 bits per heavy atom. The summed E-state index contributed by atoms with van der Waals surface area (Å²) >= 11 is 0. The number of rotatable bonds is 8. The Morgan fingerprint density at radius 1 is 1.00 bits per heavy atom. The van der Waals surface area contributed by atoms with Gasteiger partial charge in [0.05, 0.1) is 24.2 Å². The maximum Gasteiger partial charge on any atom is 0.255 e. The SMILES string of the molecule is O=C(Nc1ccc(N2CCOCC2)cc1)c1ccc(-c2nc3ccc(OCc4nnc(C5CC5)o4)cc3[nH]2)cc1. The minimum absolute atomic E-state index is 0.164. The normalized spacial score (nSPS) is 15.3. The van der Waals surface area contributed by atoms with Gasteiger partial charge in [0.15, 0.2) is 6.61 Å².